The molecule has 0 bridgehead atoms. The second-order valence-electron chi connectivity index (χ2n) is 21.2. The Morgan fingerprint density at radius 3 is 0.939 bits per heavy atom. The molecule has 0 unspecified atom stereocenters. The Balaban J connectivity index is 0.000000299. The molecule has 6 rings (SSSR count). The number of nitrogens with one attached hydrogen (secondary N) is 4. The average Bonchev–Trinajstić information content (AvgIpc) is 3.50. The molecule has 4 amide bonds. The Morgan fingerprint density at radius 2 is 0.646 bits per heavy atom. The van der Waals surface area contributed by atoms with Crippen LogP contribution in [0.25, 0.3) is 0 Å². The predicted molar refractivity (Wildman–Crippen MR) is 316 cm³/mol. The summed E-state index contributed by atoms with van der Waals surface area (Å²) in [6, 6.07) is 52.9. The fourth-order valence-corrected chi connectivity index (χ4v) is 7.65. The quantitative estimate of drug-likeness (QED) is 0.0329. The van der Waals surface area contributed by atoms with Crippen molar-refractivity contribution in [1.82, 2.24) is 21.3 Å². The lowest BCUT2D eigenvalue weighted by molar-refractivity contribution is -0.140. The van der Waals surface area contributed by atoms with Gasteiger partial charge in [-0.2, -0.15) is 0 Å². The summed E-state index contributed by atoms with van der Waals surface area (Å²) in [4.78, 5) is 70.4. The first-order valence-electron chi connectivity index (χ1n) is 26.9. The average molecular weight is 1130 g/mol. The van der Waals surface area contributed by atoms with Crippen LogP contribution >= 0.6 is 0 Å². The number of alkyl carbamates (subject to hydrolysis) is 2. The number of benzene rings is 6. The Morgan fingerprint density at radius 1 is 0.378 bits per heavy atom. The number of aliphatic carboxylic acids is 2. The summed E-state index contributed by atoms with van der Waals surface area (Å²) in [6.45, 7) is 10.1. The molecule has 0 radical (unpaired) electrons. The summed E-state index contributed by atoms with van der Waals surface area (Å²) in [7, 11) is 0. The Labute approximate surface area is 481 Å². The standard InChI is InChI=1S/C23H30N2O4.C18H22N2O2.C14H19NO4.C9H11NO2/c1-23(2,3)29-22(28)25-20(15-18-12-8-5-9-13-18)21(27)24-19(16-26)14-17-10-6-4-7-11-17;19-17(12-15-9-5-2-6-10-15)18(22)20-16(13-21)11-14-7-3-1-4-8-14;1-14(2,3)19-13(18)15-11(12(16)17)9-10-7-5-4-6-8-10;10-8(9(11)12)6-7-4-2-1-3-5-7/h4-13,19-20,26H,14-16H2,1-3H3,(H,24,27)(H,25,28);1-10,16-17,21H,11-13,19H2,(H,20,22);4-8,11H,9H2,1-3H3,(H,15,18)(H,16,17);1-5,8H,6,10H2,(H,11,12)/t19-,20-;16-,17-;11-;8-/m0000/s1. The summed E-state index contributed by atoms with van der Waals surface area (Å²) in [6.07, 6.45) is 1.10. The topological polar surface area (TPSA) is 302 Å². The van der Waals surface area contributed by atoms with Crippen LogP contribution in [0.1, 0.15) is 74.9 Å². The number of ether oxygens (including phenoxy) is 2. The van der Waals surface area contributed by atoms with Crippen LogP contribution in [0.15, 0.2) is 182 Å². The highest BCUT2D eigenvalue weighted by atomic mass is 16.6. The van der Waals surface area contributed by atoms with Crippen LogP contribution in [0.5, 0.6) is 0 Å². The van der Waals surface area contributed by atoms with E-state index in [9.17, 15) is 39.0 Å². The van der Waals surface area contributed by atoms with Crippen LogP contribution in [0.4, 0.5) is 9.59 Å². The first-order chi connectivity index (χ1) is 38.9. The fraction of sp³-hybridized carbons (Fsp3) is 0.344. The van der Waals surface area contributed by atoms with Crippen LogP contribution in [-0.2, 0) is 67.2 Å². The van der Waals surface area contributed by atoms with Gasteiger partial charge in [0.2, 0.25) is 11.8 Å². The van der Waals surface area contributed by atoms with Crippen LogP contribution in [0, 0.1) is 0 Å². The number of hydrogen-bond acceptors (Lipinski definition) is 12. The number of carboxylic acids is 2. The van der Waals surface area contributed by atoms with Gasteiger partial charge in [-0.05, 0) is 101 Å². The first-order valence-corrected chi connectivity index (χ1v) is 26.9. The van der Waals surface area contributed by atoms with Gasteiger partial charge in [0.15, 0.2) is 0 Å². The smallest absolute Gasteiger partial charge is 0.408 e. The second-order valence-corrected chi connectivity index (χ2v) is 21.2. The monoisotopic (exact) mass is 1130 g/mol. The number of nitrogens with two attached hydrogens (primary N) is 2. The summed E-state index contributed by atoms with van der Waals surface area (Å²) in [5.74, 6) is -2.65. The van der Waals surface area contributed by atoms with Crippen molar-refractivity contribution in [3.63, 3.8) is 0 Å². The lowest BCUT2D eigenvalue weighted by atomic mass is 10.0. The Bertz CT molecular complexity index is 2790. The number of hydrogen-bond donors (Lipinski definition) is 10. The van der Waals surface area contributed by atoms with E-state index in [0.29, 0.717) is 32.1 Å². The third-order valence-electron chi connectivity index (χ3n) is 11.6. The molecule has 0 heterocycles. The molecule has 0 saturated heterocycles. The minimum atomic E-state index is -1.09. The molecular weight excluding hydrogens is 1040 g/mol. The number of carbonyl (C=O) groups is 6. The van der Waals surface area contributed by atoms with Gasteiger partial charge >= 0.3 is 24.1 Å². The van der Waals surface area contributed by atoms with Crippen molar-refractivity contribution in [1.29, 1.82) is 0 Å². The number of aliphatic hydroxyl groups is 2. The van der Waals surface area contributed by atoms with Crippen molar-refractivity contribution in [3.05, 3.63) is 215 Å². The van der Waals surface area contributed by atoms with E-state index in [2.05, 4.69) is 21.3 Å². The van der Waals surface area contributed by atoms with E-state index in [0.717, 1.165) is 33.4 Å². The van der Waals surface area contributed by atoms with E-state index in [-0.39, 0.29) is 37.5 Å². The van der Waals surface area contributed by atoms with Crippen molar-refractivity contribution in [2.45, 2.75) is 128 Å². The molecular formula is C64H82N6O12. The van der Waals surface area contributed by atoms with Gasteiger partial charge in [-0.25, -0.2) is 14.4 Å². The molecule has 6 aromatic rings. The largest absolute Gasteiger partial charge is 0.480 e. The van der Waals surface area contributed by atoms with E-state index in [1.54, 1.807) is 41.5 Å². The maximum atomic E-state index is 12.9. The molecule has 0 aromatic heterocycles. The minimum absolute atomic E-state index is 0.112. The molecule has 0 aliphatic heterocycles. The summed E-state index contributed by atoms with van der Waals surface area (Å²) in [5, 5.41) is 47.5. The van der Waals surface area contributed by atoms with Crippen LogP contribution in [0.2, 0.25) is 0 Å². The van der Waals surface area contributed by atoms with Gasteiger partial charge in [0.1, 0.15) is 29.3 Å². The van der Waals surface area contributed by atoms with E-state index in [1.165, 1.54) is 0 Å². The van der Waals surface area contributed by atoms with E-state index in [4.69, 9.17) is 31.2 Å². The lowest BCUT2D eigenvalue weighted by Crippen LogP contribution is -2.52. The lowest BCUT2D eigenvalue weighted by Gasteiger charge is -2.25. The molecule has 82 heavy (non-hydrogen) atoms. The summed E-state index contributed by atoms with van der Waals surface area (Å²) < 4.78 is 10.3. The van der Waals surface area contributed by atoms with Crippen molar-refractivity contribution in [2.24, 2.45) is 11.5 Å². The SMILES string of the molecule is CC(C)(C)OC(=O)N[C@@H](Cc1ccccc1)C(=O)N[C@H](CO)Cc1ccccc1.CC(C)(C)OC(=O)N[C@@H](Cc1ccccc1)C(=O)O.N[C@@H](Cc1ccccc1)C(=O)N[C@H](CO)Cc1ccccc1.N[C@@H](Cc1ccccc1)C(=O)O. The third kappa shape index (κ3) is 29.7. The molecule has 6 atom stereocenters. The minimum Gasteiger partial charge on any atom is -0.480 e. The zero-order chi connectivity index (χ0) is 60.5. The van der Waals surface area contributed by atoms with Gasteiger partial charge < -0.3 is 62.6 Å². The number of rotatable bonds is 22. The molecule has 18 heteroatoms. The van der Waals surface area contributed by atoms with E-state index < -0.39 is 65.5 Å². The predicted octanol–water partition coefficient (Wildman–Crippen LogP) is 6.97. The van der Waals surface area contributed by atoms with E-state index in [1.807, 2.05) is 182 Å². The van der Waals surface area contributed by atoms with Gasteiger partial charge in [-0.1, -0.05) is 182 Å². The van der Waals surface area contributed by atoms with Crippen LogP contribution in [-0.4, -0.2) is 117 Å². The van der Waals surface area contributed by atoms with Gasteiger partial charge in [0, 0.05) is 12.8 Å². The maximum absolute atomic E-state index is 12.9. The molecule has 0 saturated carbocycles. The zero-order valence-corrected chi connectivity index (χ0v) is 47.7. The van der Waals surface area contributed by atoms with Gasteiger partial charge in [0.05, 0.1) is 31.3 Å². The molecule has 0 aliphatic carbocycles. The summed E-state index contributed by atoms with van der Waals surface area (Å²) >= 11 is 0. The Hall–Kier alpha value is -8.42. The number of aliphatic hydroxyl groups excluding tert-OH is 2. The molecule has 0 fully saturated rings. The number of carbonyl (C=O) groups excluding carboxylic acids is 4. The highest BCUT2D eigenvalue weighted by molar-refractivity contribution is 5.86. The van der Waals surface area contributed by atoms with E-state index >= 15 is 0 Å². The fourth-order valence-electron chi connectivity index (χ4n) is 7.65. The molecule has 18 nitrogen and oxygen atoms in total. The van der Waals surface area contributed by atoms with Crippen molar-refractivity contribution >= 4 is 35.9 Å². The maximum Gasteiger partial charge on any atom is 0.408 e. The number of carboxylic acid groups (broad SMARTS) is 2. The van der Waals surface area contributed by atoms with Crippen molar-refractivity contribution < 1.29 is 58.7 Å². The normalized spacial score (nSPS) is 13.0. The molecule has 0 aliphatic rings. The molecule has 0 spiro atoms. The summed E-state index contributed by atoms with van der Waals surface area (Å²) in [5.41, 5.74) is 15.8. The van der Waals surface area contributed by atoms with Crippen molar-refractivity contribution in [2.75, 3.05) is 13.2 Å². The second kappa shape index (κ2) is 36.0. The highest BCUT2D eigenvalue weighted by Gasteiger charge is 2.27. The number of amides is 4. The molecule has 6 aromatic carbocycles. The van der Waals surface area contributed by atoms with Crippen LogP contribution in [0.3, 0.4) is 0 Å². The van der Waals surface area contributed by atoms with Crippen LogP contribution < -0.4 is 32.7 Å². The molecule has 440 valence electrons. The van der Waals surface area contributed by atoms with Gasteiger partial charge in [0.25, 0.3) is 0 Å². The third-order valence-corrected chi connectivity index (χ3v) is 11.6. The Kier molecular flexibility index (Phi) is 29.8. The van der Waals surface area contributed by atoms with Crippen molar-refractivity contribution in [3.8, 4) is 0 Å². The molecule has 12 N–H and O–H groups in total. The first kappa shape index (κ1) is 67.9. The highest BCUT2D eigenvalue weighted by Crippen LogP contribution is 2.12. The van der Waals surface area contributed by atoms with Gasteiger partial charge in [-0.15, -0.1) is 0 Å². The zero-order valence-electron chi connectivity index (χ0n) is 47.7. The van der Waals surface area contributed by atoms with Gasteiger partial charge in [-0.3, -0.25) is 14.4 Å².